The van der Waals surface area contributed by atoms with Crippen LogP contribution in [0.1, 0.15) is 36.8 Å². The van der Waals surface area contributed by atoms with E-state index in [9.17, 15) is 0 Å². The van der Waals surface area contributed by atoms with E-state index in [0.29, 0.717) is 25.7 Å². The van der Waals surface area contributed by atoms with Crippen LogP contribution in [0.2, 0.25) is 0 Å². The van der Waals surface area contributed by atoms with Crippen molar-refractivity contribution >= 4 is 0 Å². The summed E-state index contributed by atoms with van der Waals surface area (Å²) in [6.45, 7) is 10.5. The van der Waals surface area contributed by atoms with E-state index >= 15 is 0 Å². The van der Waals surface area contributed by atoms with Crippen molar-refractivity contribution in [3.8, 4) is 5.75 Å². The van der Waals surface area contributed by atoms with Crippen LogP contribution in [-0.4, -0.2) is 19.8 Å². The molecular weight excluding hydrogens is 228 g/mol. The molecule has 0 N–H and O–H groups in total. The van der Waals surface area contributed by atoms with Crippen LogP contribution in [0, 0.1) is 19.8 Å². The Balaban J connectivity index is 2.29. The molecule has 0 spiro atoms. The smallest absolute Gasteiger partial charge is 0.187 e. The van der Waals surface area contributed by atoms with Gasteiger partial charge in [0.05, 0.1) is 25.4 Å². The average Bonchev–Trinajstić information content (AvgIpc) is 2.79. The number of benzene rings is 1. The summed E-state index contributed by atoms with van der Waals surface area (Å²) in [5.74, 6) is 1.42. The number of aryl methyl sites for hydroxylation is 2. The first-order valence-electron chi connectivity index (χ1n) is 6.55. The average molecular weight is 250 g/mol. The van der Waals surface area contributed by atoms with Gasteiger partial charge in [0.15, 0.2) is 6.29 Å². The van der Waals surface area contributed by atoms with Crippen molar-refractivity contribution in [1.29, 1.82) is 0 Å². The summed E-state index contributed by atoms with van der Waals surface area (Å²) >= 11 is 0. The molecule has 1 aliphatic rings. The normalized spacial score (nSPS) is 16.5. The lowest BCUT2D eigenvalue weighted by molar-refractivity contribution is -0.0459. The van der Waals surface area contributed by atoms with Gasteiger partial charge in [-0.15, -0.1) is 0 Å². The molecule has 2 rings (SSSR count). The maximum atomic E-state index is 5.94. The van der Waals surface area contributed by atoms with E-state index in [0.717, 1.165) is 16.9 Å². The van der Waals surface area contributed by atoms with Crippen LogP contribution in [0.3, 0.4) is 0 Å². The summed E-state index contributed by atoms with van der Waals surface area (Å²) in [5, 5.41) is 0. The van der Waals surface area contributed by atoms with Crippen LogP contribution in [0.15, 0.2) is 12.1 Å². The summed E-state index contributed by atoms with van der Waals surface area (Å²) in [5.41, 5.74) is 3.37. The zero-order valence-electron chi connectivity index (χ0n) is 11.7. The van der Waals surface area contributed by atoms with E-state index in [1.54, 1.807) is 0 Å². The Morgan fingerprint density at radius 1 is 1.22 bits per heavy atom. The number of rotatable bonds is 4. The lowest BCUT2D eigenvalue weighted by Crippen LogP contribution is -2.10. The maximum Gasteiger partial charge on any atom is 0.187 e. The summed E-state index contributed by atoms with van der Waals surface area (Å²) in [6, 6.07) is 4.23. The lowest BCUT2D eigenvalue weighted by atomic mass is 10.0. The first-order chi connectivity index (χ1) is 8.58. The monoisotopic (exact) mass is 250 g/mol. The van der Waals surface area contributed by atoms with Gasteiger partial charge in [0.1, 0.15) is 5.75 Å². The molecule has 0 radical (unpaired) electrons. The van der Waals surface area contributed by atoms with E-state index in [1.807, 2.05) is 0 Å². The van der Waals surface area contributed by atoms with Crippen molar-refractivity contribution in [2.45, 2.75) is 34.0 Å². The molecule has 1 aromatic carbocycles. The molecule has 0 aliphatic carbocycles. The summed E-state index contributed by atoms with van der Waals surface area (Å²) in [7, 11) is 0. The minimum Gasteiger partial charge on any atom is -0.493 e. The van der Waals surface area contributed by atoms with Gasteiger partial charge < -0.3 is 14.2 Å². The summed E-state index contributed by atoms with van der Waals surface area (Å²) in [4.78, 5) is 0. The van der Waals surface area contributed by atoms with Crippen molar-refractivity contribution in [2.75, 3.05) is 19.8 Å². The van der Waals surface area contributed by atoms with Gasteiger partial charge in [-0.25, -0.2) is 0 Å². The fourth-order valence-corrected chi connectivity index (χ4v) is 2.15. The molecule has 0 bridgehead atoms. The van der Waals surface area contributed by atoms with Crippen LogP contribution in [0.5, 0.6) is 5.75 Å². The van der Waals surface area contributed by atoms with Gasteiger partial charge in [-0.1, -0.05) is 25.5 Å². The van der Waals surface area contributed by atoms with Gasteiger partial charge in [-0.2, -0.15) is 0 Å². The molecule has 3 heteroatoms. The standard InChI is InChI=1S/C15H22O3/c1-10(2)9-18-14-12(4)7-11(3)8-13(14)15-16-5-6-17-15/h7-8,10,15H,5-6,9H2,1-4H3. The number of hydrogen-bond acceptors (Lipinski definition) is 3. The molecule has 0 atom stereocenters. The summed E-state index contributed by atoms with van der Waals surface area (Å²) < 4.78 is 17.1. The van der Waals surface area contributed by atoms with Crippen molar-refractivity contribution in [1.82, 2.24) is 0 Å². The molecule has 0 unspecified atom stereocenters. The Hall–Kier alpha value is -1.06. The Kier molecular flexibility index (Phi) is 4.25. The zero-order valence-corrected chi connectivity index (χ0v) is 11.7. The summed E-state index contributed by atoms with van der Waals surface area (Å²) in [6.07, 6.45) is -0.272. The second-order valence-corrected chi connectivity index (χ2v) is 5.28. The van der Waals surface area contributed by atoms with Crippen LogP contribution < -0.4 is 4.74 Å². The van der Waals surface area contributed by atoms with E-state index < -0.39 is 0 Å². The Morgan fingerprint density at radius 2 is 1.89 bits per heavy atom. The third-order valence-corrected chi connectivity index (χ3v) is 2.88. The molecule has 1 heterocycles. The van der Waals surface area contributed by atoms with E-state index in [2.05, 4.69) is 39.8 Å². The van der Waals surface area contributed by atoms with Gasteiger partial charge in [0, 0.05) is 0 Å². The Bertz CT molecular complexity index is 406. The van der Waals surface area contributed by atoms with Crippen LogP contribution in [0.25, 0.3) is 0 Å². The fraction of sp³-hybridized carbons (Fsp3) is 0.600. The van der Waals surface area contributed by atoms with Crippen LogP contribution in [-0.2, 0) is 9.47 Å². The predicted octanol–water partition coefficient (Wildman–Crippen LogP) is 3.38. The molecule has 1 aromatic rings. The first kappa shape index (κ1) is 13.4. The van der Waals surface area contributed by atoms with E-state index in [1.165, 1.54) is 5.56 Å². The van der Waals surface area contributed by atoms with Gasteiger partial charge in [0.25, 0.3) is 0 Å². The molecule has 0 saturated carbocycles. The largest absolute Gasteiger partial charge is 0.493 e. The van der Waals surface area contributed by atoms with Crippen LogP contribution in [0.4, 0.5) is 0 Å². The van der Waals surface area contributed by atoms with E-state index in [4.69, 9.17) is 14.2 Å². The van der Waals surface area contributed by atoms with Crippen molar-refractivity contribution in [3.05, 3.63) is 28.8 Å². The highest BCUT2D eigenvalue weighted by Gasteiger charge is 2.23. The maximum absolute atomic E-state index is 5.94. The van der Waals surface area contributed by atoms with Gasteiger partial charge >= 0.3 is 0 Å². The molecule has 100 valence electrons. The molecular formula is C15H22O3. The van der Waals surface area contributed by atoms with Gasteiger partial charge in [0.2, 0.25) is 0 Å². The van der Waals surface area contributed by atoms with Crippen molar-refractivity contribution in [2.24, 2.45) is 5.92 Å². The molecule has 1 aliphatic heterocycles. The van der Waals surface area contributed by atoms with Crippen molar-refractivity contribution < 1.29 is 14.2 Å². The highest BCUT2D eigenvalue weighted by molar-refractivity contribution is 5.44. The Morgan fingerprint density at radius 3 is 2.50 bits per heavy atom. The second kappa shape index (κ2) is 5.72. The van der Waals surface area contributed by atoms with Gasteiger partial charge in [-0.3, -0.25) is 0 Å². The fourth-order valence-electron chi connectivity index (χ4n) is 2.15. The molecule has 0 amide bonds. The highest BCUT2D eigenvalue weighted by atomic mass is 16.7. The molecule has 3 nitrogen and oxygen atoms in total. The van der Waals surface area contributed by atoms with Crippen molar-refractivity contribution in [3.63, 3.8) is 0 Å². The molecule has 18 heavy (non-hydrogen) atoms. The first-order valence-corrected chi connectivity index (χ1v) is 6.55. The highest BCUT2D eigenvalue weighted by Crippen LogP contribution is 2.35. The zero-order chi connectivity index (χ0) is 13.1. The lowest BCUT2D eigenvalue weighted by Gasteiger charge is -2.19. The molecule has 0 aromatic heterocycles. The molecule has 1 saturated heterocycles. The third kappa shape index (κ3) is 3.03. The van der Waals surface area contributed by atoms with Gasteiger partial charge in [-0.05, 0) is 31.4 Å². The second-order valence-electron chi connectivity index (χ2n) is 5.28. The van der Waals surface area contributed by atoms with Crippen LogP contribution >= 0.6 is 0 Å². The minimum absolute atomic E-state index is 0.272. The quantitative estimate of drug-likeness (QED) is 0.820. The predicted molar refractivity (Wildman–Crippen MR) is 70.9 cm³/mol. The minimum atomic E-state index is -0.272. The third-order valence-electron chi connectivity index (χ3n) is 2.88. The molecule has 1 fully saturated rings. The number of ether oxygens (including phenoxy) is 3. The topological polar surface area (TPSA) is 27.7 Å². The number of hydrogen-bond donors (Lipinski definition) is 0. The van der Waals surface area contributed by atoms with E-state index in [-0.39, 0.29) is 6.29 Å². The SMILES string of the molecule is Cc1cc(C)c(OCC(C)C)c(C2OCCO2)c1. The Labute approximate surface area is 109 Å².